The van der Waals surface area contributed by atoms with Crippen LogP contribution in [0.2, 0.25) is 0 Å². The highest BCUT2D eigenvalue weighted by Gasteiger charge is 2.26. The van der Waals surface area contributed by atoms with E-state index in [9.17, 15) is 17.6 Å². The quantitative estimate of drug-likeness (QED) is 0.729. The molecular weight excluding hydrogens is 345 g/mol. The number of carbonyl (C=O) groups is 1. The maximum Gasteiger partial charge on any atom is 0.338 e. The second-order valence-electron chi connectivity index (χ2n) is 3.78. The number of benzene rings is 1. The van der Waals surface area contributed by atoms with Crippen LogP contribution in [0.4, 0.5) is 4.39 Å². The first-order valence-corrected chi connectivity index (χ1v) is 7.32. The van der Waals surface area contributed by atoms with Gasteiger partial charge in [0.2, 0.25) is 10.0 Å². The standard InChI is InChI=1S/C10H11BrFNO5S/c1-5(4-14)13-19(17,18)8-3-6(11)2-7(9(8)12)10(15)16/h2-3,5,13-14H,4H2,1H3,(H,15,16). The van der Waals surface area contributed by atoms with Crippen LogP contribution in [0.15, 0.2) is 21.5 Å². The van der Waals surface area contributed by atoms with Crippen LogP contribution in [0.25, 0.3) is 0 Å². The van der Waals surface area contributed by atoms with Crippen molar-refractivity contribution in [3.8, 4) is 0 Å². The first-order valence-electron chi connectivity index (χ1n) is 5.04. The molecule has 0 heterocycles. The SMILES string of the molecule is CC(CO)NS(=O)(=O)c1cc(Br)cc(C(=O)O)c1F. The summed E-state index contributed by atoms with van der Waals surface area (Å²) in [5.74, 6) is -2.93. The Morgan fingerprint density at radius 3 is 2.58 bits per heavy atom. The molecule has 0 fully saturated rings. The van der Waals surface area contributed by atoms with E-state index in [1.165, 1.54) is 6.92 Å². The van der Waals surface area contributed by atoms with E-state index in [1.54, 1.807) is 0 Å². The van der Waals surface area contributed by atoms with Crippen molar-refractivity contribution < 1.29 is 27.8 Å². The van der Waals surface area contributed by atoms with Crippen molar-refractivity contribution in [2.24, 2.45) is 0 Å². The summed E-state index contributed by atoms with van der Waals surface area (Å²) in [7, 11) is -4.26. The number of carboxylic acids is 1. The van der Waals surface area contributed by atoms with Crippen molar-refractivity contribution in [2.75, 3.05) is 6.61 Å². The van der Waals surface area contributed by atoms with Crippen molar-refractivity contribution in [3.05, 3.63) is 28.0 Å². The van der Waals surface area contributed by atoms with Gasteiger partial charge < -0.3 is 10.2 Å². The van der Waals surface area contributed by atoms with Crippen LogP contribution < -0.4 is 4.72 Å². The molecule has 1 unspecified atom stereocenters. The number of aliphatic hydroxyl groups excluding tert-OH is 1. The van der Waals surface area contributed by atoms with E-state index in [1.807, 2.05) is 4.72 Å². The molecule has 1 aromatic carbocycles. The van der Waals surface area contributed by atoms with Crippen molar-refractivity contribution in [3.63, 3.8) is 0 Å². The summed E-state index contributed by atoms with van der Waals surface area (Å²) < 4.78 is 39.8. The lowest BCUT2D eigenvalue weighted by Gasteiger charge is -2.13. The highest BCUT2D eigenvalue weighted by atomic mass is 79.9. The second-order valence-corrected chi connectivity index (χ2v) is 6.37. The highest BCUT2D eigenvalue weighted by molar-refractivity contribution is 9.10. The molecule has 1 rings (SSSR count). The summed E-state index contributed by atoms with van der Waals surface area (Å²) in [4.78, 5) is 10.0. The van der Waals surface area contributed by atoms with Crippen molar-refractivity contribution in [1.29, 1.82) is 0 Å². The maximum absolute atomic E-state index is 13.9. The summed E-state index contributed by atoms with van der Waals surface area (Å²) in [6, 6.07) is 1.09. The molecule has 0 bridgehead atoms. The van der Waals surface area contributed by atoms with Crippen LogP contribution in [-0.4, -0.2) is 37.2 Å². The molecule has 0 saturated heterocycles. The largest absolute Gasteiger partial charge is 0.478 e. The van der Waals surface area contributed by atoms with Gasteiger partial charge in [0, 0.05) is 10.5 Å². The fraction of sp³-hybridized carbons (Fsp3) is 0.300. The van der Waals surface area contributed by atoms with Crippen molar-refractivity contribution in [2.45, 2.75) is 17.9 Å². The molecule has 106 valence electrons. The van der Waals surface area contributed by atoms with Crippen LogP contribution in [0.5, 0.6) is 0 Å². The number of rotatable bonds is 5. The Kier molecular flexibility index (Phi) is 5.02. The summed E-state index contributed by atoms with van der Waals surface area (Å²) in [6.07, 6.45) is 0. The minimum Gasteiger partial charge on any atom is -0.478 e. The number of sulfonamides is 1. The minimum absolute atomic E-state index is 0.114. The van der Waals surface area contributed by atoms with Gasteiger partial charge >= 0.3 is 5.97 Å². The predicted molar refractivity (Wildman–Crippen MR) is 67.9 cm³/mol. The molecule has 9 heteroatoms. The Morgan fingerprint density at radius 2 is 2.11 bits per heavy atom. The molecule has 3 N–H and O–H groups in total. The lowest BCUT2D eigenvalue weighted by molar-refractivity contribution is 0.0691. The van der Waals surface area contributed by atoms with Gasteiger partial charge in [-0.2, -0.15) is 0 Å². The van der Waals surface area contributed by atoms with Gasteiger partial charge in [0.1, 0.15) is 4.90 Å². The Bertz CT molecular complexity index is 604. The number of hydrogen-bond donors (Lipinski definition) is 3. The third-order valence-corrected chi connectivity index (χ3v) is 4.20. The predicted octanol–water partition coefficient (Wildman–Crippen LogP) is 0.946. The Hall–Kier alpha value is -1.03. The van der Waals surface area contributed by atoms with E-state index in [0.29, 0.717) is 0 Å². The molecule has 0 aliphatic heterocycles. The number of carboxylic acid groups (broad SMARTS) is 1. The van der Waals surface area contributed by atoms with Crippen LogP contribution >= 0.6 is 15.9 Å². The number of aliphatic hydroxyl groups is 1. The third-order valence-electron chi connectivity index (χ3n) is 2.15. The zero-order valence-corrected chi connectivity index (χ0v) is 12.1. The normalized spacial score (nSPS) is 13.3. The van der Waals surface area contributed by atoms with Crippen LogP contribution in [-0.2, 0) is 10.0 Å². The Labute approximate surface area is 117 Å². The Balaban J connectivity index is 3.39. The topological polar surface area (TPSA) is 104 Å². The first kappa shape index (κ1) is 16.0. The van der Waals surface area contributed by atoms with Crippen LogP contribution in [0.1, 0.15) is 17.3 Å². The van der Waals surface area contributed by atoms with Crippen LogP contribution in [0.3, 0.4) is 0 Å². The van der Waals surface area contributed by atoms with E-state index in [2.05, 4.69) is 15.9 Å². The van der Waals surface area contributed by atoms with Gasteiger partial charge in [-0.3, -0.25) is 0 Å². The average Bonchev–Trinajstić information content (AvgIpc) is 2.30. The van der Waals surface area contributed by atoms with Crippen LogP contribution in [0, 0.1) is 5.82 Å². The average molecular weight is 356 g/mol. The summed E-state index contributed by atoms with van der Waals surface area (Å²) in [5, 5.41) is 17.6. The molecule has 1 aromatic rings. The zero-order valence-electron chi connectivity index (χ0n) is 9.72. The molecule has 6 nitrogen and oxygen atoms in total. The third kappa shape index (κ3) is 3.72. The minimum atomic E-state index is -4.26. The fourth-order valence-corrected chi connectivity index (χ4v) is 3.25. The smallest absolute Gasteiger partial charge is 0.338 e. The molecule has 0 saturated carbocycles. The lowest BCUT2D eigenvalue weighted by atomic mass is 10.2. The zero-order chi connectivity index (χ0) is 14.8. The highest BCUT2D eigenvalue weighted by Crippen LogP contribution is 2.24. The molecular formula is C10H11BrFNO5S. The number of hydrogen-bond acceptors (Lipinski definition) is 4. The number of nitrogens with one attached hydrogen (secondary N) is 1. The molecule has 1 atom stereocenters. The van der Waals surface area contributed by atoms with E-state index in [-0.39, 0.29) is 4.47 Å². The molecule has 0 spiro atoms. The molecule has 0 amide bonds. The van der Waals surface area contributed by atoms with Gasteiger partial charge in [-0.25, -0.2) is 22.3 Å². The Morgan fingerprint density at radius 1 is 1.53 bits per heavy atom. The van der Waals surface area contributed by atoms with Crippen molar-refractivity contribution >= 4 is 31.9 Å². The van der Waals surface area contributed by atoms with Gasteiger partial charge in [-0.1, -0.05) is 15.9 Å². The lowest BCUT2D eigenvalue weighted by Crippen LogP contribution is -2.35. The van der Waals surface area contributed by atoms with Gasteiger partial charge in [-0.05, 0) is 19.1 Å². The first-order chi connectivity index (χ1) is 8.69. The molecule has 0 aromatic heterocycles. The monoisotopic (exact) mass is 355 g/mol. The van der Waals surface area contributed by atoms with E-state index in [4.69, 9.17) is 10.2 Å². The van der Waals surface area contributed by atoms with E-state index < -0.39 is 44.9 Å². The van der Waals surface area contributed by atoms with Crippen molar-refractivity contribution in [1.82, 2.24) is 4.72 Å². The van der Waals surface area contributed by atoms with Gasteiger partial charge in [0.25, 0.3) is 0 Å². The second kappa shape index (κ2) is 5.95. The molecule has 0 aliphatic rings. The molecule has 0 radical (unpaired) electrons. The van der Waals surface area contributed by atoms with E-state index in [0.717, 1.165) is 12.1 Å². The summed E-state index contributed by atoms with van der Waals surface area (Å²) in [5.41, 5.74) is -0.758. The van der Waals surface area contributed by atoms with Gasteiger partial charge in [-0.15, -0.1) is 0 Å². The maximum atomic E-state index is 13.9. The van der Waals surface area contributed by atoms with Gasteiger partial charge in [0.15, 0.2) is 5.82 Å². The summed E-state index contributed by atoms with van der Waals surface area (Å²) in [6.45, 7) is 0.909. The molecule has 19 heavy (non-hydrogen) atoms. The number of halogens is 2. The van der Waals surface area contributed by atoms with Gasteiger partial charge in [0.05, 0.1) is 12.2 Å². The fourth-order valence-electron chi connectivity index (χ4n) is 1.28. The number of aromatic carboxylic acids is 1. The van der Waals surface area contributed by atoms with E-state index >= 15 is 0 Å². The summed E-state index contributed by atoms with van der Waals surface area (Å²) >= 11 is 2.92. The molecule has 0 aliphatic carbocycles.